The first kappa shape index (κ1) is 24.8. The van der Waals surface area contributed by atoms with E-state index in [1.807, 2.05) is 39.0 Å². The molecule has 2 rings (SSSR count). The van der Waals surface area contributed by atoms with Gasteiger partial charge in [-0.05, 0) is 74.9 Å². The number of Topliss-reactive ketones (excluding diaryl/α,β-unsaturated/α-hetero) is 1. The van der Waals surface area contributed by atoms with Gasteiger partial charge in [0, 0.05) is 5.56 Å². The Labute approximate surface area is 184 Å². The maximum atomic E-state index is 13.0. The van der Waals surface area contributed by atoms with E-state index in [0.29, 0.717) is 16.7 Å². The normalized spacial score (nSPS) is 12.6. The van der Waals surface area contributed by atoms with Gasteiger partial charge in [0.1, 0.15) is 10.5 Å². The number of ketones is 1. The highest BCUT2D eigenvalue weighted by atomic mass is 32.2. The van der Waals surface area contributed by atoms with E-state index in [0.717, 1.165) is 11.1 Å². The summed E-state index contributed by atoms with van der Waals surface area (Å²) in [6.45, 7) is 12.2. The molecule has 0 unspecified atom stereocenters. The number of ether oxygens (including phenoxy) is 1. The molecule has 7 heteroatoms. The minimum atomic E-state index is -4.07. The molecule has 0 aromatic rings. The first-order chi connectivity index (χ1) is 14.4. The first-order valence-electron chi connectivity index (χ1n) is 10.3. The van der Waals surface area contributed by atoms with E-state index in [9.17, 15) is 18.0 Å². The van der Waals surface area contributed by atoms with Crippen molar-refractivity contribution in [3.63, 3.8) is 0 Å². The molecule has 2 aliphatic carbocycles. The van der Waals surface area contributed by atoms with Crippen LogP contribution in [-0.4, -0.2) is 32.9 Å². The van der Waals surface area contributed by atoms with Crippen LogP contribution < -0.4 is 0 Å². The van der Waals surface area contributed by atoms with Crippen LogP contribution in [0.2, 0.25) is 0 Å². The Morgan fingerprint density at radius 2 is 1.74 bits per heavy atom. The first-order valence-corrected chi connectivity index (χ1v) is 11.7. The fourth-order valence-electron chi connectivity index (χ4n) is 3.30. The molecule has 0 radical (unpaired) electrons. The molecule has 31 heavy (non-hydrogen) atoms. The van der Waals surface area contributed by atoms with Crippen LogP contribution in [0.3, 0.4) is 0 Å². The Morgan fingerprint density at radius 3 is 2.26 bits per heavy atom. The minimum Gasteiger partial charge on any atom is -0.462 e. The second-order valence-electron chi connectivity index (χ2n) is 8.00. The molecule has 0 saturated heterocycles. The molecule has 6 nitrogen and oxygen atoms in total. The van der Waals surface area contributed by atoms with E-state index in [1.54, 1.807) is 20.8 Å². The average Bonchev–Trinajstić information content (AvgIpc) is 2.91. The van der Waals surface area contributed by atoms with E-state index in [4.69, 9.17) is 8.92 Å². The van der Waals surface area contributed by atoms with Crippen LogP contribution >= 0.6 is 0 Å². The van der Waals surface area contributed by atoms with E-state index in [-0.39, 0.29) is 23.0 Å². The summed E-state index contributed by atoms with van der Waals surface area (Å²) in [7, 11) is -4.07. The van der Waals surface area contributed by atoms with Gasteiger partial charge in [-0.15, -0.1) is 0 Å². The Balaban J connectivity index is 2.91. The van der Waals surface area contributed by atoms with Crippen LogP contribution in [0.25, 0.3) is 17.2 Å². The molecule has 0 amide bonds. The predicted octanol–water partition coefficient (Wildman–Crippen LogP) is 4.87. The Hall–Kier alpha value is -2.51. The molecule has 0 spiro atoms. The topological polar surface area (TPSA) is 86.7 Å². The molecule has 0 N–H and O–H groups in total. The lowest BCUT2D eigenvalue weighted by atomic mass is 10.00. The van der Waals surface area contributed by atoms with Crippen LogP contribution in [0, 0.1) is 6.92 Å². The number of fused-ring (bicyclic) bond motifs is 1. The van der Waals surface area contributed by atoms with Gasteiger partial charge >= 0.3 is 5.97 Å². The van der Waals surface area contributed by atoms with Crippen molar-refractivity contribution in [2.75, 3.05) is 6.61 Å². The molecule has 0 aromatic heterocycles. The predicted molar refractivity (Wildman–Crippen MR) is 121 cm³/mol. The summed E-state index contributed by atoms with van der Waals surface area (Å²) in [5, 5.41) is 0. The Morgan fingerprint density at radius 1 is 1.10 bits per heavy atom. The highest BCUT2D eigenvalue weighted by molar-refractivity contribution is 7.87. The third-order valence-electron chi connectivity index (χ3n) is 4.77. The van der Waals surface area contributed by atoms with Crippen LogP contribution in [0.1, 0.15) is 64.2 Å². The molecule has 0 aromatic carbocycles. The summed E-state index contributed by atoms with van der Waals surface area (Å²) in [5.74, 6) is -1.02. The lowest BCUT2D eigenvalue weighted by Gasteiger charge is -2.10. The summed E-state index contributed by atoms with van der Waals surface area (Å²) < 4.78 is 36.2. The largest absolute Gasteiger partial charge is 0.462 e. The number of aryl methyl sites for hydroxylation is 1. The maximum Gasteiger partial charge on any atom is 0.341 e. The lowest BCUT2D eigenvalue weighted by molar-refractivity contribution is -0.139. The zero-order valence-electron chi connectivity index (χ0n) is 19.1. The van der Waals surface area contributed by atoms with Crippen molar-refractivity contribution >= 4 is 27.9 Å². The van der Waals surface area contributed by atoms with Gasteiger partial charge in [-0.2, -0.15) is 8.42 Å². The molecule has 0 saturated carbocycles. The molecule has 168 valence electrons. The van der Waals surface area contributed by atoms with Crippen molar-refractivity contribution < 1.29 is 26.9 Å². The fourth-order valence-corrected chi connectivity index (χ4v) is 4.70. The second-order valence-corrected chi connectivity index (χ2v) is 9.54. The van der Waals surface area contributed by atoms with E-state index in [2.05, 4.69) is 0 Å². The van der Waals surface area contributed by atoms with Gasteiger partial charge in [-0.25, -0.2) is 4.79 Å². The number of rotatable bonds is 8. The summed E-state index contributed by atoms with van der Waals surface area (Å²) in [5.41, 5.74) is 3.17. The Bertz CT molecular complexity index is 1090. The monoisotopic (exact) mass is 446 g/mol. The van der Waals surface area contributed by atoms with Crippen LogP contribution in [-0.2, 0) is 28.6 Å². The van der Waals surface area contributed by atoms with Crippen molar-refractivity contribution in [2.45, 2.75) is 65.4 Å². The maximum absolute atomic E-state index is 13.0. The minimum absolute atomic E-state index is 0.0117. The zero-order chi connectivity index (χ0) is 23.5. The van der Waals surface area contributed by atoms with Gasteiger partial charge in [0.25, 0.3) is 10.1 Å². The molecular formula is C24H30O6S. The van der Waals surface area contributed by atoms with Crippen molar-refractivity contribution in [3.8, 4) is 11.1 Å². The SMILES string of the molecule is CCOC(=O)/C(=C/c1cc(S(=O)(=O)OC(C)C)c2c(C)ccc(C(C)C)cc1-2)C(C)=O. The van der Waals surface area contributed by atoms with Gasteiger partial charge in [0.2, 0.25) is 0 Å². The molecule has 2 aliphatic rings. The van der Waals surface area contributed by atoms with Gasteiger partial charge in [0.15, 0.2) is 5.78 Å². The van der Waals surface area contributed by atoms with Gasteiger partial charge in [-0.1, -0.05) is 32.0 Å². The van der Waals surface area contributed by atoms with Gasteiger partial charge in [-0.3, -0.25) is 8.98 Å². The number of hydrogen-bond donors (Lipinski definition) is 0. The molecule has 0 aliphatic heterocycles. The van der Waals surface area contributed by atoms with Gasteiger partial charge in [0.05, 0.1) is 12.7 Å². The third-order valence-corrected chi connectivity index (χ3v) is 6.27. The summed E-state index contributed by atoms with van der Waals surface area (Å²) in [6.07, 6.45) is 0.867. The molecule has 0 heterocycles. The number of hydrogen-bond acceptors (Lipinski definition) is 6. The molecule has 0 atom stereocenters. The third kappa shape index (κ3) is 5.60. The fraction of sp³-hybridized carbons (Fsp3) is 0.417. The average molecular weight is 447 g/mol. The van der Waals surface area contributed by atoms with E-state index >= 15 is 0 Å². The quantitative estimate of drug-likeness (QED) is 0.189. The highest BCUT2D eigenvalue weighted by Crippen LogP contribution is 2.40. The number of carbonyl (C=O) groups is 2. The van der Waals surface area contributed by atoms with Crippen molar-refractivity contribution in [2.24, 2.45) is 0 Å². The van der Waals surface area contributed by atoms with Crippen LogP contribution in [0.4, 0.5) is 0 Å². The van der Waals surface area contributed by atoms with Crippen LogP contribution in [0.5, 0.6) is 0 Å². The number of carbonyl (C=O) groups excluding carboxylic acids is 2. The molecule has 0 bridgehead atoms. The summed E-state index contributed by atoms with van der Waals surface area (Å²) in [4.78, 5) is 24.5. The second kappa shape index (κ2) is 9.75. The van der Waals surface area contributed by atoms with Gasteiger partial charge < -0.3 is 4.74 Å². The smallest absolute Gasteiger partial charge is 0.341 e. The standard InChI is InChI=1S/C24H30O6S/c1-8-29-24(26)20(17(7)25)12-19-13-22(31(27,28)30-15(4)5)23-16(6)9-10-18(14(2)3)11-21(19)23/h9-15H,8H2,1-7H3/b20-12+. The zero-order valence-corrected chi connectivity index (χ0v) is 19.9. The highest BCUT2D eigenvalue weighted by Gasteiger charge is 2.29. The van der Waals surface area contributed by atoms with E-state index < -0.39 is 28.0 Å². The summed E-state index contributed by atoms with van der Waals surface area (Å²) in [6, 6.07) is 7.18. The molecule has 0 fully saturated rings. The van der Waals surface area contributed by atoms with Crippen LogP contribution in [0.15, 0.2) is 34.7 Å². The molecular weight excluding hydrogens is 416 g/mol. The van der Waals surface area contributed by atoms with Crippen molar-refractivity contribution in [1.82, 2.24) is 0 Å². The Kier molecular flexibility index (Phi) is 7.78. The lowest BCUT2D eigenvalue weighted by Crippen LogP contribution is -2.13. The van der Waals surface area contributed by atoms with Crippen molar-refractivity contribution in [1.29, 1.82) is 0 Å². The van der Waals surface area contributed by atoms with E-state index in [1.165, 1.54) is 19.1 Å². The number of esters is 1. The van der Waals surface area contributed by atoms with Crippen molar-refractivity contribution in [3.05, 3.63) is 46.5 Å². The summed E-state index contributed by atoms with van der Waals surface area (Å²) >= 11 is 0.